The average molecular weight is 391 g/mol. The van der Waals surface area contributed by atoms with Gasteiger partial charge in [0.05, 0.1) is 6.54 Å². The molecule has 1 aliphatic carbocycles. The lowest BCUT2D eigenvalue weighted by Crippen LogP contribution is -2.41. The number of hydrogen-bond donors (Lipinski definition) is 2. The predicted molar refractivity (Wildman–Crippen MR) is 105 cm³/mol. The van der Waals surface area contributed by atoms with E-state index in [9.17, 15) is 19.2 Å². The zero-order valence-electron chi connectivity index (χ0n) is 16.0. The summed E-state index contributed by atoms with van der Waals surface area (Å²) in [6.45, 7) is 1.21. The van der Waals surface area contributed by atoms with Gasteiger partial charge in [0.2, 0.25) is 5.91 Å². The molecular weight excluding hydrogens is 370 g/mol. The van der Waals surface area contributed by atoms with Gasteiger partial charge in [-0.25, -0.2) is 4.79 Å². The molecule has 4 amide bonds. The van der Waals surface area contributed by atoms with Crippen molar-refractivity contribution >= 4 is 23.6 Å². The first-order valence-electron chi connectivity index (χ1n) is 9.49. The summed E-state index contributed by atoms with van der Waals surface area (Å²) in [5, 5.41) is 2.64. The highest BCUT2D eigenvalue weighted by molar-refractivity contribution is 6.11. The SMILES string of the molecule is CC1(c2cccc(C(N)=O)c2)NC(=O)N(CC(=O)c2ccc3c(c2)CCC3)C1=O. The molecule has 4 rings (SSSR count). The molecule has 0 radical (unpaired) electrons. The van der Waals surface area contributed by atoms with E-state index in [1.54, 1.807) is 25.1 Å². The van der Waals surface area contributed by atoms with Crippen molar-refractivity contribution in [1.29, 1.82) is 0 Å². The number of hydrogen-bond acceptors (Lipinski definition) is 4. The van der Waals surface area contributed by atoms with Gasteiger partial charge in [-0.3, -0.25) is 19.3 Å². The summed E-state index contributed by atoms with van der Waals surface area (Å²) in [6.07, 6.45) is 3.02. The number of nitrogens with zero attached hydrogens (tertiary/aromatic N) is 1. The second kappa shape index (κ2) is 6.84. The third-order valence-electron chi connectivity index (χ3n) is 5.72. The molecule has 0 saturated carbocycles. The predicted octanol–water partition coefficient (Wildman–Crippen LogP) is 1.92. The Morgan fingerprint density at radius 1 is 1.07 bits per heavy atom. The van der Waals surface area contributed by atoms with Crippen molar-refractivity contribution in [2.45, 2.75) is 31.7 Å². The molecule has 29 heavy (non-hydrogen) atoms. The number of amides is 4. The van der Waals surface area contributed by atoms with Crippen molar-refractivity contribution in [3.05, 3.63) is 70.3 Å². The van der Waals surface area contributed by atoms with E-state index < -0.39 is 23.4 Å². The van der Waals surface area contributed by atoms with Crippen LogP contribution in [0, 0.1) is 0 Å². The molecule has 1 heterocycles. The number of nitrogens with one attached hydrogen (secondary N) is 1. The topological polar surface area (TPSA) is 110 Å². The van der Waals surface area contributed by atoms with Crippen molar-refractivity contribution in [3.8, 4) is 0 Å². The van der Waals surface area contributed by atoms with Crippen LogP contribution in [0.1, 0.15) is 50.8 Å². The molecule has 0 spiro atoms. The second-order valence-corrected chi connectivity index (χ2v) is 7.65. The number of carbonyl (C=O) groups excluding carboxylic acids is 4. The lowest BCUT2D eigenvalue weighted by molar-refractivity contribution is -0.130. The normalized spacial score (nSPS) is 20.5. The molecule has 1 saturated heterocycles. The van der Waals surface area contributed by atoms with Gasteiger partial charge < -0.3 is 11.1 Å². The second-order valence-electron chi connectivity index (χ2n) is 7.65. The zero-order chi connectivity index (χ0) is 20.8. The molecule has 0 aromatic heterocycles. The van der Waals surface area contributed by atoms with Crippen molar-refractivity contribution < 1.29 is 19.2 Å². The molecule has 7 nitrogen and oxygen atoms in total. The summed E-state index contributed by atoms with van der Waals surface area (Å²) in [6, 6.07) is 11.2. The summed E-state index contributed by atoms with van der Waals surface area (Å²) in [5.41, 5.74) is 7.51. The van der Waals surface area contributed by atoms with Crippen LogP contribution in [-0.2, 0) is 23.2 Å². The smallest absolute Gasteiger partial charge is 0.325 e. The largest absolute Gasteiger partial charge is 0.366 e. The van der Waals surface area contributed by atoms with Crippen LogP contribution in [0.15, 0.2) is 42.5 Å². The molecule has 3 N–H and O–H groups in total. The molecule has 2 aromatic carbocycles. The van der Waals surface area contributed by atoms with Gasteiger partial charge in [-0.05, 0) is 61.1 Å². The fourth-order valence-corrected chi connectivity index (χ4v) is 4.00. The van der Waals surface area contributed by atoms with E-state index >= 15 is 0 Å². The van der Waals surface area contributed by atoms with Crippen LogP contribution in [0.3, 0.4) is 0 Å². The summed E-state index contributed by atoms with van der Waals surface area (Å²) in [5.74, 6) is -1.46. The lowest BCUT2D eigenvalue weighted by Gasteiger charge is -2.22. The number of ketones is 1. The maximum atomic E-state index is 13.0. The molecular formula is C22H21N3O4. The third kappa shape index (κ3) is 3.18. The van der Waals surface area contributed by atoms with E-state index in [0.717, 1.165) is 29.7 Å². The van der Waals surface area contributed by atoms with Crippen LogP contribution in [-0.4, -0.2) is 35.1 Å². The molecule has 1 unspecified atom stereocenters. The average Bonchev–Trinajstić information content (AvgIpc) is 3.26. The summed E-state index contributed by atoms with van der Waals surface area (Å²) in [7, 11) is 0. The van der Waals surface area contributed by atoms with E-state index in [1.807, 2.05) is 12.1 Å². The van der Waals surface area contributed by atoms with Crippen LogP contribution in [0.2, 0.25) is 0 Å². The van der Waals surface area contributed by atoms with Crippen molar-refractivity contribution in [1.82, 2.24) is 10.2 Å². The Bertz CT molecular complexity index is 1060. The Hall–Kier alpha value is -3.48. The van der Waals surface area contributed by atoms with Gasteiger partial charge in [0, 0.05) is 11.1 Å². The first-order chi connectivity index (χ1) is 13.8. The van der Waals surface area contributed by atoms with E-state index in [2.05, 4.69) is 5.32 Å². The van der Waals surface area contributed by atoms with Gasteiger partial charge in [-0.2, -0.15) is 0 Å². The number of primary amides is 1. The van der Waals surface area contributed by atoms with Crippen molar-refractivity contribution in [2.24, 2.45) is 5.73 Å². The Labute approximate surface area is 167 Å². The molecule has 2 aliphatic rings. The fraction of sp³-hybridized carbons (Fsp3) is 0.273. The van der Waals surface area contributed by atoms with Crippen LogP contribution < -0.4 is 11.1 Å². The Morgan fingerprint density at radius 2 is 1.83 bits per heavy atom. The maximum Gasteiger partial charge on any atom is 0.325 e. The monoisotopic (exact) mass is 391 g/mol. The number of nitrogens with two attached hydrogens (primary N) is 1. The quantitative estimate of drug-likeness (QED) is 0.599. The van der Waals surface area contributed by atoms with E-state index in [1.165, 1.54) is 17.7 Å². The number of imide groups is 1. The minimum Gasteiger partial charge on any atom is -0.366 e. The standard InChI is InChI=1S/C22H21N3O4/c1-22(17-7-3-6-16(11-17)19(23)27)20(28)25(21(29)24-22)12-18(26)15-9-8-13-4-2-5-14(13)10-15/h3,6-11H,2,4-5,12H2,1H3,(H2,23,27)(H,24,29). The number of carbonyl (C=O) groups is 4. The highest BCUT2D eigenvalue weighted by Gasteiger charge is 2.49. The highest BCUT2D eigenvalue weighted by atomic mass is 16.2. The number of benzene rings is 2. The Balaban J connectivity index is 1.57. The summed E-state index contributed by atoms with van der Waals surface area (Å²) in [4.78, 5) is 50.7. The third-order valence-corrected chi connectivity index (χ3v) is 5.72. The van der Waals surface area contributed by atoms with Gasteiger partial charge in [0.25, 0.3) is 5.91 Å². The van der Waals surface area contributed by atoms with Crippen LogP contribution in [0.4, 0.5) is 4.79 Å². The van der Waals surface area contributed by atoms with Crippen molar-refractivity contribution in [3.63, 3.8) is 0 Å². The van der Waals surface area contributed by atoms with Gasteiger partial charge in [-0.15, -0.1) is 0 Å². The molecule has 1 atom stereocenters. The number of fused-ring (bicyclic) bond motifs is 1. The number of aryl methyl sites for hydroxylation is 2. The molecule has 7 heteroatoms. The molecule has 1 fully saturated rings. The minimum atomic E-state index is -1.37. The summed E-state index contributed by atoms with van der Waals surface area (Å²) >= 11 is 0. The fourth-order valence-electron chi connectivity index (χ4n) is 4.00. The van der Waals surface area contributed by atoms with E-state index in [-0.39, 0.29) is 17.9 Å². The van der Waals surface area contributed by atoms with E-state index in [0.29, 0.717) is 11.1 Å². The highest BCUT2D eigenvalue weighted by Crippen LogP contribution is 2.30. The molecule has 0 bridgehead atoms. The van der Waals surface area contributed by atoms with Crippen LogP contribution in [0.5, 0.6) is 0 Å². The van der Waals surface area contributed by atoms with Gasteiger partial charge >= 0.3 is 6.03 Å². The zero-order valence-corrected chi connectivity index (χ0v) is 16.0. The molecule has 148 valence electrons. The molecule has 1 aliphatic heterocycles. The maximum absolute atomic E-state index is 13.0. The van der Waals surface area contributed by atoms with Gasteiger partial charge in [-0.1, -0.05) is 24.3 Å². The first kappa shape index (κ1) is 18.9. The number of Topliss-reactive ketones (excluding diaryl/α,β-unsaturated/α-hetero) is 1. The Kier molecular flexibility index (Phi) is 4.45. The number of urea groups is 1. The number of rotatable bonds is 5. The first-order valence-corrected chi connectivity index (χ1v) is 9.49. The Morgan fingerprint density at radius 3 is 2.59 bits per heavy atom. The van der Waals surface area contributed by atoms with Crippen molar-refractivity contribution in [2.75, 3.05) is 6.54 Å². The minimum absolute atomic E-state index is 0.235. The van der Waals surface area contributed by atoms with Gasteiger partial charge in [0.15, 0.2) is 5.78 Å². The molecule has 2 aromatic rings. The lowest BCUT2D eigenvalue weighted by atomic mass is 9.90. The van der Waals surface area contributed by atoms with E-state index in [4.69, 9.17) is 5.73 Å². The van der Waals surface area contributed by atoms with Crippen LogP contribution >= 0.6 is 0 Å². The summed E-state index contributed by atoms with van der Waals surface area (Å²) < 4.78 is 0. The van der Waals surface area contributed by atoms with Gasteiger partial charge in [0.1, 0.15) is 5.54 Å². The van der Waals surface area contributed by atoms with Crippen LogP contribution in [0.25, 0.3) is 0 Å².